The van der Waals surface area contributed by atoms with Crippen LogP contribution in [0.3, 0.4) is 0 Å². The Bertz CT molecular complexity index is 1210. The minimum atomic E-state index is -0.621. The first kappa shape index (κ1) is 25.3. The number of hydrogen-bond donors (Lipinski definition) is 1. The predicted octanol–water partition coefficient (Wildman–Crippen LogP) is 6.64. The molecule has 188 valence electrons. The highest BCUT2D eigenvalue weighted by Crippen LogP contribution is 2.40. The number of aromatic nitrogens is 3. The summed E-state index contributed by atoms with van der Waals surface area (Å²) in [6.07, 6.45) is 4.43. The van der Waals surface area contributed by atoms with Gasteiger partial charge in [0.15, 0.2) is 5.65 Å². The van der Waals surface area contributed by atoms with Crippen LogP contribution >= 0.6 is 11.6 Å². The van der Waals surface area contributed by atoms with Crippen LogP contribution in [-0.4, -0.2) is 38.4 Å². The molecule has 8 heteroatoms. The summed E-state index contributed by atoms with van der Waals surface area (Å²) in [5, 5.41) is 8.27. The molecular formula is C27H35ClN4O3. The van der Waals surface area contributed by atoms with Crippen molar-refractivity contribution in [3.8, 4) is 17.0 Å². The Morgan fingerprint density at radius 3 is 2.57 bits per heavy atom. The number of ether oxygens (including phenoxy) is 2. The number of carbonyl (C=O) groups is 1. The molecule has 7 nitrogen and oxygen atoms in total. The number of alkyl carbamates (subject to hydrolysis) is 1. The Kier molecular flexibility index (Phi) is 7.00. The molecule has 1 aliphatic carbocycles. The molecule has 1 aromatic carbocycles. The quantitative estimate of drug-likeness (QED) is 0.377. The number of halogens is 1. The third-order valence-electron chi connectivity index (χ3n) is 5.81. The SMILES string of the molecule is CC(C)C[C@@](C)(COc1ccc(-c2ccnc3cc(C4CC4)nn23)cc1Cl)NC(=O)OC(C)(C)C. The largest absolute Gasteiger partial charge is 0.490 e. The van der Waals surface area contributed by atoms with Crippen LogP contribution in [0.1, 0.15) is 72.4 Å². The molecule has 2 heterocycles. The molecular weight excluding hydrogens is 464 g/mol. The van der Waals surface area contributed by atoms with Gasteiger partial charge in [0.1, 0.15) is 18.0 Å². The molecule has 35 heavy (non-hydrogen) atoms. The smallest absolute Gasteiger partial charge is 0.408 e. The minimum absolute atomic E-state index is 0.257. The lowest BCUT2D eigenvalue weighted by Crippen LogP contribution is -2.52. The van der Waals surface area contributed by atoms with Crippen LogP contribution in [0.2, 0.25) is 5.02 Å². The van der Waals surface area contributed by atoms with E-state index in [0.717, 1.165) is 29.0 Å². The van der Waals surface area contributed by atoms with Gasteiger partial charge in [-0.1, -0.05) is 25.4 Å². The summed E-state index contributed by atoms with van der Waals surface area (Å²) in [5.74, 6) is 1.46. The molecule has 0 spiro atoms. The van der Waals surface area contributed by atoms with Crippen molar-refractivity contribution >= 4 is 23.3 Å². The molecule has 1 amide bonds. The lowest BCUT2D eigenvalue weighted by Gasteiger charge is -2.33. The van der Waals surface area contributed by atoms with Gasteiger partial charge in [-0.3, -0.25) is 0 Å². The van der Waals surface area contributed by atoms with Gasteiger partial charge >= 0.3 is 6.09 Å². The second-order valence-corrected chi connectivity index (χ2v) is 11.6. The average molecular weight is 499 g/mol. The van der Waals surface area contributed by atoms with Gasteiger partial charge in [0.25, 0.3) is 0 Å². The van der Waals surface area contributed by atoms with Gasteiger partial charge < -0.3 is 14.8 Å². The molecule has 1 saturated carbocycles. The van der Waals surface area contributed by atoms with Crippen molar-refractivity contribution in [2.75, 3.05) is 6.61 Å². The molecule has 1 aliphatic rings. The van der Waals surface area contributed by atoms with Crippen LogP contribution in [0.4, 0.5) is 4.79 Å². The molecule has 0 unspecified atom stereocenters. The van der Waals surface area contributed by atoms with Gasteiger partial charge in [-0.2, -0.15) is 5.10 Å². The normalized spacial score (nSPS) is 15.8. The van der Waals surface area contributed by atoms with E-state index >= 15 is 0 Å². The molecule has 0 radical (unpaired) electrons. The summed E-state index contributed by atoms with van der Waals surface area (Å²) >= 11 is 6.64. The lowest BCUT2D eigenvalue weighted by molar-refractivity contribution is 0.0408. The fourth-order valence-electron chi connectivity index (χ4n) is 4.32. The number of fused-ring (bicyclic) bond motifs is 1. The minimum Gasteiger partial charge on any atom is -0.490 e. The molecule has 4 rings (SSSR count). The molecule has 0 saturated heterocycles. The van der Waals surface area contributed by atoms with Crippen molar-refractivity contribution in [1.29, 1.82) is 0 Å². The number of nitrogens with one attached hydrogen (secondary N) is 1. The first-order valence-electron chi connectivity index (χ1n) is 12.2. The maximum absolute atomic E-state index is 12.5. The molecule has 0 bridgehead atoms. The van der Waals surface area contributed by atoms with Crippen molar-refractivity contribution in [3.05, 3.63) is 47.2 Å². The fraction of sp³-hybridized carbons (Fsp3) is 0.519. The van der Waals surface area contributed by atoms with Crippen LogP contribution < -0.4 is 10.1 Å². The summed E-state index contributed by atoms with van der Waals surface area (Å²) in [5.41, 5.74) is 2.58. The van der Waals surface area contributed by atoms with E-state index in [1.807, 2.05) is 56.5 Å². The van der Waals surface area contributed by atoms with Crippen molar-refractivity contribution in [2.45, 2.75) is 77.9 Å². The van der Waals surface area contributed by atoms with E-state index in [-0.39, 0.29) is 6.61 Å². The number of carbonyl (C=O) groups excluding carboxylic acids is 1. The third kappa shape index (κ3) is 6.45. The molecule has 1 fully saturated rings. The maximum Gasteiger partial charge on any atom is 0.408 e. The van der Waals surface area contributed by atoms with Crippen LogP contribution in [0, 0.1) is 5.92 Å². The van der Waals surface area contributed by atoms with Gasteiger partial charge in [-0.25, -0.2) is 14.3 Å². The number of nitrogens with zero attached hydrogens (tertiary/aromatic N) is 3. The van der Waals surface area contributed by atoms with Crippen molar-refractivity contribution in [2.24, 2.45) is 5.92 Å². The van der Waals surface area contributed by atoms with Gasteiger partial charge in [0.05, 0.1) is 21.9 Å². The molecule has 3 aromatic rings. The van der Waals surface area contributed by atoms with Crippen LogP contribution in [-0.2, 0) is 4.74 Å². The summed E-state index contributed by atoms with van der Waals surface area (Å²) < 4.78 is 13.5. The number of benzene rings is 1. The topological polar surface area (TPSA) is 77.8 Å². The molecule has 1 N–H and O–H groups in total. The van der Waals surface area contributed by atoms with Gasteiger partial charge in [0, 0.05) is 23.7 Å². The first-order valence-corrected chi connectivity index (χ1v) is 12.6. The first-order chi connectivity index (χ1) is 16.4. The average Bonchev–Trinajstić information content (AvgIpc) is 3.49. The maximum atomic E-state index is 12.5. The monoisotopic (exact) mass is 498 g/mol. The number of rotatable bonds is 8. The van der Waals surface area contributed by atoms with E-state index in [2.05, 4.69) is 30.2 Å². The zero-order valence-corrected chi connectivity index (χ0v) is 22.1. The highest BCUT2D eigenvalue weighted by molar-refractivity contribution is 6.32. The Hall–Kier alpha value is -2.80. The van der Waals surface area contributed by atoms with E-state index < -0.39 is 17.2 Å². The summed E-state index contributed by atoms with van der Waals surface area (Å²) in [6.45, 7) is 12.0. The third-order valence-corrected chi connectivity index (χ3v) is 6.10. The Balaban J connectivity index is 1.51. The van der Waals surface area contributed by atoms with Crippen LogP contribution in [0.5, 0.6) is 5.75 Å². The zero-order valence-electron chi connectivity index (χ0n) is 21.4. The van der Waals surface area contributed by atoms with Gasteiger partial charge in [-0.05, 0) is 77.1 Å². The van der Waals surface area contributed by atoms with Gasteiger partial charge in [-0.15, -0.1) is 0 Å². The van der Waals surface area contributed by atoms with Crippen LogP contribution in [0.15, 0.2) is 36.5 Å². The van der Waals surface area contributed by atoms with Gasteiger partial charge in [0.2, 0.25) is 0 Å². The predicted molar refractivity (Wildman–Crippen MR) is 138 cm³/mol. The van der Waals surface area contributed by atoms with E-state index in [1.165, 1.54) is 12.8 Å². The Labute approximate surface area is 212 Å². The molecule has 2 aromatic heterocycles. The lowest BCUT2D eigenvalue weighted by atomic mass is 9.91. The summed E-state index contributed by atoms with van der Waals surface area (Å²) in [7, 11) is 0. The van der Waals surface area contributed by atoms with Crippen molar-refractivity contribution in [1.82, 2.24) is 19.9 Å². The molecule has 1 atom stereocenters. The number of hydrogen-bond acceptors (Lipinski definition) is 5. The van der Waals surface area contributed by atoms with E-state index in [1.54, 1.807) is 6.20 Å². The Morgan fingerprint density at radius 2 is 1.94 bits per heavy atom. The summed E-state index contributed by atoms with van der Waals surface area (Å²) in [6, 6.07) is 9.71. The summed E-state index contributed by atoms with van der Waals surface area (Å²) in [4.78, 5) is 16.9. The standard InChI is InChI=1S/C27H35ClN4O3/c1-17(2)15-27(6,30-25(33)35-26(3,4)5)16-34-23-10-9-19(13-20(23)28)22-11-12-29-24-14-21(18-7-8-18)31-32(22)24/h9-14,17-18H,7-8,15-16H2,1-6H3,(H,30,33)/t27-/m0/s1. The highest BCUT2D eigenvalue weighted by atomic mass is 35.5. The fourth-order valence-corrected chi connectivity index (χ4v) is 4.56. The number of amides is 1. The van der Waals surface area contributed by atoms with E-state index in [4.69, 9.17) is 26.2 Å². The highest BCUT2D eigenvalue weighted by Gasteiger charge is 2.31. The van der Waals surface area contributed by atoms with Crippen LogP contribution in [0.25, 0.3) is 16.9 Å². The van der Waals surface area contributed by atoms with E-state index in [9.17, 15) is 4.79 Å². The zero-order chi connectivity index (χ0) is 25.4. The van der Waals surface area contributed by atoms with Crippen molar-refractivity contribution < 1.29 is 14.3 Å². The Morgan fingerprint density at radius 1 is 1.20 bits per heavy atom. The second-order valence-electron chi connectivity index (χ2n) is 11.2. The van der Waals surface area contributed by atoms with Crippen molar-refractivity contribution in [3.63, 3.8) is 0 Å². The second kappa shape index (κ2) is 9.69. The molecule has 0 aliphatic heterocycles. The van der Waals surface area contributed by atoms with E-state index in [0.29, 0.717) is 22.6 Å².